The van der Waals surface area contributed by atoms with Gasteiger partial charge in [0.25, 0.3) is 0 Å². The molecule has 0 radical (unpaired) electrons. The van der Waals surface area contributed by atoms with E-state index in [4.69, 9.17) is 4.74 Å². The van der Waals surface area contributed by atoms with Crippen LogP contribution in [0.25, 0.3) is 0 Å². The molecule has 1 aromatic heterocycles. The van der Waals surface area contributed by atoms with Crippen LogP contribution < -0.4 is 4.74 Å². The summed E-state index contributed by atoms with van der Waals surface area (Å²) < 4.78 is 5.88. The van der Waals surface area contributed by atoms with Crippen LogP contribution >= 0.6 is 11.3 Å². The molecular weight excluding hydrogens is 344 g/mol. The molecule has 3 rings (SSSR count). The Bertz CT molecular complexity index is 767. The quantitative estimate of drug-likeness (QED) is 0.663. The number of amides is 1. The van der Waals surface area contributed by atoms with Crippen molar-refractivity contribution in [2.24, 2.45) is 5.92 Å². The Kier molecular flexibility index (Phi) is 5.97. The molecule has 4 nitrogen and oxygen atoms in total. The first kappa shape index (κ1) is 18.9. The number of aromatic nitrogens is 1. The lowest BCUT2D eigenvalue weighted by atomic mass is 10.1. The lowest BCUT2D eigenvalue weighted by Gasteiger charge is -2.28. The molecule has 5 heteroatoms. The van der Waals surface area contributed by atoms with Gasteiger partial charge in [-0.05, 0) is 63.3 Å². The molecule has 1 fully saturated rings. The predicted molar refractivity (Wildman–Crippen MR) is 105 cm³/mol. The maximum Gasteiger partial charge on any atom is 0.226 e. The van der Waals surface area contributed by atoms with Gasteiger partial charge in [-0.2, -0.15) is 0 Å². The van der Waals surface area contributed by atoms with Gasteiger partial charge in [0, 0.05) is 17.3 Å². The van der Waals surface area contributed by atoms with E-state index in [1.165, 1.54) is 11.1 Å². The molecule has 1 aromatic carbocycles. The van der Waals surface area contributed by atoms with Crippen LogP contribution in [-0.4, -0.2) is 21.8 Å². The first-order valence-electron chi connectivity index (χ1n) is 9.41. The number of hydrogen-bond donors (Lipinski definition) is 0. The van der Waals surface area contributed by atoms with Crippen LogP contribution in [0.1, 0.15) is 54.9 Å². The minimum Gasteiger partial charge on any atom is -0.486 e. The van der Waals surface area contributed by atoms with E-state index in [0.717, 1.165) is 35.7 Å². The van der Waals surface area contributed by atoms with E-state index in [9.17, 15) is 4.79 Å². The Morgan fingerprint density at radius 1 is 1.35 bits per heavy atom. The summed E-state index contributed by atoms with van der Waals surface area (Å²) >= 11 is 1.60. The number of ether oxygens (including phenoxy) is 1. The van der Waals surface area contributed by atoms with Gasteiger partial charge in [0.15, 0.2) is 0 Å². The van der Waals surface area contributed by atoms with E-state index in [1.807, 2.05) is 11.0 Å². The summed E-state index contributed by atoms with van der Waals surface area (Å²) in [5, 5.41) is 3.00. The molecule has 0 aliphatic heterocycles. The standard InChI is InChI=1S/C21H28N2O2S/c1-5-16(4)23(21(24)17-7-8-17)11-18-13-26-20(22-18)12-25-19-9-6-14(2)15(3)10-19/h6,9-10,13,16-17H,5,7-8,11-12H2,1-4H3. The molecule has 1 aliphatic rings. The minimum atomic E-state index is 0.246. The molecule has 0 N–H and O–H groups in total. The summed E-state index contributed by atoms with van der Waals surface area (Å²) in [4.78, 5) is 19.2. The van der Waals surface area contributed by atoms with Crippen molar-refractivity contribution < 1.29 is 9.53 Å². The predicted octanol–water partition coefficient (Wildman–Crippen LogP) is 4.88. The van der Waals surface area contributed by atoms with Gasteiger partial charge in [0.05, 0.1) is 12.2 Å². The molecule has 0 saturated heterocycles. The molecule has 0 spiro atoms. The fourth-order valence-corrected chi connectivity index (χ4v) is 3.54. The number of rotatable bonds is 8. The van der Waals surface area contributed by atoms with Crippen LogP contribution in [0.2, 0.25) is 0 Å². The van der Waals surface area contributed by atoms with Gasteiger partial charge in [-0.1, -0.05) is 13.0 Å². The van der Waals surface area contributed by atoms with E-state index in [0.29, 0.717) is 19.1 Å². The second-order valence-electron chi connectivity index (χ2n) is 7.27. The molecule has 0 bridgehead atoms. The number of hydrogen-bond acceptors (Lipinski definition) is 4. The third kappa shape index (κ3) is 4.64. The van der Waals surface area contributed by atoms with Gasteiger partial charge >= 0.3 is 0 Å². The first-order valence-corrected chi connectivity index (χ1v) is 10.3. The highest BCUT2D eigenvalue weighted by Gasteiger charge is 2.35. The lowest BCUT2D eigenvalue weighted by Crippen LogP contribution is -2.38. The average Bonchev–Trinajstić information content (AvgIpc) is 3.39. The average molecular weight is 373 g/mol. The summed E-state index contributed by atoms with van der Waals surface area (Å²) in [6.45, 7) is 9.50. The van der Waals surface area contributed by atoms with E-state index >= 15 is 0 Å². The van der Waals surface area contributed by atoms with Gasteiger partial charge in [-0.25, -0.2) is 4.98 Å². The largest absolute Gasteiger partial charge is 0.486 e. The Morgan fingerprint density at radius 2 is 2.12 bits per heavy atom. The lowest BCUT2D eigenvalue weighted by molar-refractivity contribution is -0.135. The molecular formula is C21H28N2O2S. The fraction of sp³-hybridized carbons (Fsp3) is 0.524. The van der Waals surface area contributed by atoms with E-state index in [1.54, 1.807) is 11.3 Å². The van der Waals surface area contributed by atoms with Crippen LogP contribution in [0.5, 0.6) is 5.75 Å². The Hall–Kier alpha value is -1.88. The van der Waals surface area contributed by atoms with Crippen molar-refractivity contribution in [3.63, 3.8) is 0 Å². The van der Waals surface area contributed by atoms with Crippen molar-refractivity contribution in [2.45, 2.75) is 66.2 Å². The smallest absolute Gasteiger partial charge is 0.226 e. The molecule has 140 valence electrons. The van der Waals surface area contributed by atoms with Crippen molar-refractivity contribution in [1.82, 2.24) is 9.88 Å². The number of carbonyl (C=O) groups is 1. The van der Waals surface area contributed by atoms with Gasteiger partial charge in [-0.3, -0.25) is 4.79 Å². The third-order valence-corrected chi connectivity index (χ3v) is 5.98. The van der Waals surface area contributed by atoms with Gasteiger partial charge in [0.2, 0.25) is 5.91 Å². The first-order chi connectivity index (χ1) is 12.5. The number of nitrogens with zero attached hydrogens (tertiary/aromatic N) is 2. The topological polar surface area (TPSA) is 42.4 Å². The van der Waals surface area contributed by atoms with Crippen molar-refractivity contribution in [3.05, 3.63) is 45.4 Å². The second kappa shape index (κ2) is 8.21. The van der Waals surface area contributed by atoms with Crippen LogP contribution in [0.15, 0.2) is 23.6 Å². The van der Waals surface area contributed by atoms with Gasteiger partial charge in [0.1, 0.15) is 17.4 Å². The molecule has 1 unspecified atom stereocenters. The molecule has 26 heavy (non-hydrogen) atoms. The Morgan fingerprint density at radius 3 is 2.77 bits per heavy atom. The number of thiazole rings is 1. The summed E-state index contributed by atoms with van der Waals surface area (Å²) in [5.41, 5.74) is 3.45. The molecule has 1 heterocycles. The number of aryl methyl sites for hydroxylation is 2. The number of carbonyl (C=O) groups excluding carboxylic acids is 1. The highest BCUT2D eigenvalue weighted by Crippen LogP contribution is 2.32. The fourth-order valence-electron chi connectivity index (χ4n) is 2.85. The highest BCUT2D eigenvalue weighted by molar-refractivity contribution is 7.09. The maximum absolute atomic E-state index is 12.6. The molecule has 1 saturated carbocycles. The minimum absolute atomic E-state index is 0.246. The Labute approximate surface area is 160 Å². The third-order valence-electron chi connectivity index (χ3n) is 5.10. The summed E-state index contributed by atoms with van der Waals surface area (Å²) in [7, 11) is 0. The SMILES string of the molecule is CCC(C)N(Cc1csc(COc2ccc(C)c(C)c2)n1)C(=O)C1CC1. The zero-order valence-electron chi connectivity index (χ0n) is 16.1. The van der Waals surface area contributed by atoms with Crippen LogP contribution in [0, 0.1) is 19.8 Å². The van der Waals surface area contributed by atoms with E-state index in [2.05, 4.69) is 50.2 Å². The molecule has 1 atom stereocenters. The molecule has 1 aliphatic carbocycles. The van der Waals surface area contributed by atoms with Gasteiger partial charge in [-0.15, -0.1) is 11.3 Å². The van der Waals surface area contributed by atoms with Crippen LogP contribution in [0.3, 0.4) is 0 Å². The summed E-state index contributed by atoms with van der Waals surface area (Å²) in [6, 6.07) is 6.38. The summed E-state index contributed by atoms with van der Waals surface area (Å²) in [5.74, 6) is 1.41. The van der Waals surface area contributed by atoms with Crippen LogP contribution in [-0.2, 0) is 17.9 Å². The normalized spacial score (nSPS) is 14.9. The maximum atomic E-state index is 12.6. The van der Waals surface area contributed by atoms with E-state index < -0.39 is 0 Å². The van der Waals surface area contributed by atoms with E-state index in [-0.39, 0.29) is 12.0 Å². The van der Waals surface area contributed by atoms with Crippen molar-refractivity contribution in [1.29, 1.82) is 0 Å². The zero-order chi connectivity index (χ0) is 18.7. The Balaban J connectivity index is 1.60. The highest BCUT2D eigenvalue weighted by atomic mass is 32.1. The molecule has 2 aromatic rings. The molecule has 1 amide bonds. The zero-order valence-corrected chi connectivity index (χ0v) is 16.9. The van der Waals surface area contributed by atoms with Gasteiger partial charge < -0.3 is 9.64 Å². The van der Waals surface area contributed by atoms with Crippen LogP contribution in [0.4, 0.5) is 0 Å². The number of benzene rings is 1. The van der Waals surface area contributed by atoms with Crippen molar-refractivity contribution in [3.8, 4) is 5.75 Å². The van der Waals surface area contributed by atoms with Crippen molar-refractivity contribution in [2.75, 3.05) is 0 Å². The second-order valence-corrected chi connectivity index (χ2v) is 8.21. The monoisotopic (exact) mass is 372 g/mol. The summed E-state index contributed by atoms with van der Waals surface area (Å²) in [6.07, 6.45) is 3.04. The van der Waals surface area contributed by atoms with Crippen molar-refractivity contribution >= 4 is 17.2 Å².